The number of allylic oxidation sites excluding steroid dienone is 1. The van der Waals surface area contributed by atoms with Crippen molar-refractivity contribution in [1.82, 2.24) is 9.55 Å². The molecular formula is C22H17FN4O2. The molecule has 0 amide bonds. The third kappa shape index (κ3) is 3.15. The van der Waals surface area contributed by atoms with Crippen molar-refractivity contribution in [2.75, 3.05) is 0 Å². The molecule has 2 N–H and O–H groups in total. The number of fused-ring (bicyclic) bond motifs is 1. The number of nitrogens with zero attached hydrogens (tertiary/aromatic N) is 3. The highest BCUT2D eigenvalue weighted by Crippen LogP contribution is 2.41. The van der Waals surface area contributed by atoms with Crippen LogP contribution in [-0.2, 0) is 6.54 Å². The van der Waals surface area contributed by atoms with Gasteiger partial charge in [-0.05, 0) is 25.1 Å². The summed E-state index contributed by atoms with van der Waals surface area (Å²) >= 11 is 0. The van der Waals surface area contributed by atoms with Crippen LogP contribution in [0.15, 0.2) is 71.0 Å². The zero-order chi connectivity index (χ0) is 20.5. The van der Waals surface area contributed by atoms with Crippen molar-refractivity contribution in [2.24, 2.45) is 5.73 Å². The molecule has 0 unspecified atom stereocenters. The van der Waals surface area contributed by atoms with E-state index in [1.54, 1.807) is 43.5 Å². The van der Waals surface area contributed by atoms with Gasteiger partial charge in [-0.3, -0.25) is 9.78 Å². The number of rotatable bonds is 3. The quantitative estimate of drug-likeness (QED) is 0.744. The molecule has 0 saturated heterocycles. The van der Waals surface area contributed by atoms with Gasteiger partial charge in [-0.2, -0.15) is 5.26 Å². The Morgan fingerprint density at radius 2 is 2.03 bits per heavy atom. The smallest absolute Gasteiger partial charge is 0.259 e. The van der Waals surface area contributed by atoms with Gasteiger partial charge in [0.2, 0.25) is 5.88 Å². The minimum absolute atomic E-state index is 0.00735. The van der Waals surface area contributed by atoms with Crippen LogP contribution in [0.5, 0.6) is 5.75 Å². The van der Waals surface area contributed by atoms with Gasteiger partial charge in [0.1, 0.15) is 23.2 Å². The highest BCUT2D eigenvalue weighted by molar-refractivity contribution is 5.55. The number of hydrogen-bond acceptors (Lipinski definition) is 5. The van der Waals surface area contributed by atoms with E-state index < -0.39 is 11.7 Å². The molecule has 3 aromatic rings. The number of benzene rings is 1. The van der Waals surface area contributed by atoms with Crippen molar-refractivity contribution in [2.45, 2.75) is 19.4 Å². The number of halogens is 1. The first-order valence-electron chi connectivity index (χ1n) is 8.97. The van der Waals surface area contributed by atoms with E-state index in [1.165, 1.54) is 10.6 Å². The summed E-state index contributed by atoms with van der Waals surface area (Å²) in [5.74, 6) is -1.38. The Kier molecular flexibility index (Phi) is 4.61. The van der Waals surface area contributed by atoms with Gasteiger partial charge in [-0.15, -0.1) is 0 Å². The van der Waals surface area contributed by atoms with Crippen LogP contribution in [0.4, 0.5) is 4.39 Å². The number of aryl methyl sites for hydroxylation is 1. The van der Waals surface area contributed by atoms with Gasteiger partial charge in [0.15, 0.2) is 0 Å². The van der Waals surface area contributed by atoms with Gasteiger partial charge in [-0.25, -0.2) is 4.39 Å². The maximum absolute atomic E-state index is 14.6. The van der Waals surface area contributed by atoms with Gasteiger partial charge < -0.3 is 15.0 Å². The normalized spacial score (nSPS) is 15.4. The lowest BCUT2D eigenvalue weighted by Crippen LogP contribution is -2.33. The Hall–Kier alpha value is -3.92. The molecule has 3 heterocycles. The van der Waals surface area contributed by atoms with E-state index >= 15 is 0 Å². The van der Waals surface area contributed by atoms with E-state index in [-0.39, 0.29) is 40.4 Å². The number of aromatic nitrogens is 2. The molecule has 2 aromatic heterocycles. The Labute approximate surface area is 166 Å². The largest absolute Gasteiger partial charge is 0.440 e. The highest BCUT2D eigenvalue weighted by Gasteiger charge is 2.35. The van der Waals surface area contributed by atoms with Crippen LogP contribution in [-0.4, -0.2) is 9.55 Å². The standard InChI is InChI=1S/C22H17FN4O2/c1-13-10-18-20(22(28)27(13)12-14-6-4-5-9-26-14)19(16(11-24)21(25)29-18)15-7-2-3-8-17(15)23/h2-10,19H,12,25H2,1H3/t19-/m0/s1. The molecular weight excluding hydrogens is 371 g/mol. The van der Waals surface area contributed by atoms with E-state index in [4.69, 9.17) is 10.5 Å². The number of hydrogen-bond donors (Lipinski definition) is 1. The summed E-state index contributed by atoms with van der Waals surface area (Å²) in [6, 6.07) is 15.1. The Morgan fingerprint density at radius 3 is 2.72 bits per heavy atom. The fourth-order valence-electron chi connectivity index (χ4n) is 3.56. The first kappa shape index (κ1) is 18.4. The molecule has 6 nitrogen and oxygen atoms in total. The summed E-state index contributed by atoms with van der Waals surface area (Å²) in [7, 11) is 0. The van der Waals surface area contributed by atoms with Crippen molar-refractivity contribution in [3.8, 4) is 11.8 Å². The van der Waals surface area contributed by atoms with Gasteiger partial charge in [0.05, 0.1) is 23.7 Å². The number of nitrogens with two attached hydrogens (primary N) is 1. The van der Waals surface area contributed by atoms with Crippen molar-refractivity contribution >= 4 is 0 Å². The maximum atomic E-state index is 14.6. The van der Waals surface area contributed by atoms with Crippen LogP contribution in [0.2, 0.25) is 0 Å². The number of nitriles is 1. The summed E-state index contributed by atoms with van der Waals surface area (Å²) in [4.78, 5) is 17.7. The van der Waals surface area contributed by atoms with Gasteiger partial charge in [0, 0.05) is 23.5 Å². The molecule has 1 atom stereocenters. The molecule has 0 bridgehead atoms. The summed E-state index contributed by atoms with van der Waals surface area (Å²) in [5.41, 5.74) is 7.29. The lowest BCUT2D eigenvalue weighted by molar-refractivity contribution is 0.387. The van der Waals surface area contributed by atoms with E-state index in [2.05, 4.69) is 4.98 Å². The lowest BCUT2D eigenvalue weighted by Gasteiger charge is -2.27. The second-order valence-electron chi connectivity index (χ2n) is 6.72. The molecule has 0 radical (unpaired) electrons. The summed E-state index contributed by atoms with van der Waals surface area (Å²) in [6.45, 7) is 2.01. The lowest BCUT2D eigenvalue weighted by atomic mass is 9.83. The zero-order valence-corrected chi connectivity index (χ0v) is 15.6. The van der Waals surface area contributed by atoms with Crippen LogP contribution < -0.4 is 16.0 Å². The topological polar surface area (TPSA) is 93.9 Å². The summed E-state index contributed by atoms with van der Waals surface area (Å²) in [5, 5.41) is 9.65. The van der Waals surface area contributed by atoms with Crippen LogP contribution in [0.25, 0.3) is 0 Å². The minimum Gasteiger partial charge on any atom is -0.440 e. The molecule has 0 fully saturated rings. The zero-order valence-electron chi connectivity index (χ0n) is 15.6. The van der Waals surface area contributed by atoms with Crippen molar-refractivity contribution in [1.29, 1.82) is 5.26 Å². The van der Waals surface area contributed by atoms with E-state index in [0.717, 1.165) is 0 Å². The average Bonchev–Trinajstić information content (AvgIpc) is 2.71. The molecule has 0 spiro atoms. The molecule has 29 heavy (non-hydrogen) atoms. The van der Waals surface area contributed by atoms with Gasteiger partial charge in [0.25, 0.3) is 5.56 Å². The van der Waals surface area contributed by atoms with Crippen LogP contribution in [0.3, 0.4) is 0 Å². The number of ether oxygens (including phenoxy) is 1. The van der Waals surface area contributed by atoms with Crippen molar-refractivity contribution < 1.29 is 9.13 Å². The third-order valence-electron chi connectivity index (χ3n) is 4.95. The van der Waals surface area contributed by atoms with E-state index in [1.807, 2.05) is 18.2 Å². The Morgan fingerprint density at radius 1 is 1.28 bits per heavy atom. The van der Waals surface area contributed by atoms with Gasteiger partial charge >= 0.3 is 0 Å². The molecule has 1 aromatic carbocycles. The van der Waals surface area contributed by atoms with E-state index in [0.29, 0.717) is 11.4 Å². The van der Waals surface area contributed by atoms with Crippen molar-refractivity contribution in [3.05, 3.63) is 105 Å². The molecule has 1 aliphatic heterocycles. The molecule has 0 aliphatic carbocycles. The molecule has 7 heteroatoms. The Balaban J connectivity index is 1.96. The molecule has 144 valence electrons. The molecule has 1 aliphatic rings. The monoisotopic (exact) mass is 388 g/mol. The second kappa shape index (κ2) is 7.24. The fourth-order valence-corrected chi connectivity index (χ4v) is 3.56. The van der Waals surface area contributed by atoms with Crippen molar-refractivity contribution in [3.63, 3.8) is 0 Å². The Bertz CT molecular complexity index is 1230. The van der Waals surface area contributed by atoms with Crippen LogP contribution >= 0.6 is 0 Å². The SMILES string of the molecule is Cc1cc2c(c(=O)n1Cc1ccccn1)[C@@H](c1ccccc1F)C(C#N)=C(N)O2. The predicted molar refractivity (Wildman–Crippen MR) is 104 cm³/mol. The highest BCUT2D eigenvalue weighted by atomic mass is 19.1. The summed E-state index contributed by atoms with van der Waals surface area (Å²) in [6.07, 6.45) is 1.65. The van der Waals surface area contributed by atoms with Gasteiger partial charge in [-0.1, -0.05) is 24.3 Å². The van der Waals surface area contributed by atoms with Crippen LogP contribution in [0, 0.1) is 24.1 Å². The maximum Gasteiger partial charge on any atom is 0.259 e. The third-order valence-corrected chi connectivity index (χ3v) is 4.95. The molecule has 4 rings (SSSR count). The predicted octanol–water partition coefficient (Wildman–Crippen LogP) is 2.96. The first-order valence-corrected chi connectivity index (χ1v) is 8.97. The first-order chi connectivity index (χ1) is 14.0. The number of pyridine rings is 2. The minimum atomic E-state index is -0.951. The summed E-state index contributed by atoms with van der Waals surface area (Å²) < 4.78 is 21.7. The fraction of sp³-hybridized carbons (Fsp3) is 0.136. The van der Waals surface area contributed by atoms with E-state index in [9.17, 15) is 14.4 Å². The molecule has 0 saturated carbocycles. The second-order valence-corrected chi connectivity index (χ2v) is 6.72. The van der Waals surface area contributed by atoms with Crippen LogP contribution in [0.1, 0.15) is 28.4 Å². The average molecular weight is 388 g/mol.